The summed E-state index contributed by atoms with van der Waals surface area (Å²) in [5.41, 5.74) is 0. The highest BCUT2D eigenvalue weighted by atomic mass is 16.6. The molecule has 2 saturated carbocycles. The number of ether oxygens (including phenoxy) is 3. The Bertz CT molecular complexity index is 316. The molecule has 3 atom stereocenters. The third-order valence-electron chi connectivity index (χ3n) is 4.46. The van der Waals surface area contributed by atoms with E-state index >= 15 is 0 Å². The Labute approximate surface area is 121 Å². The molecule has 0 bridgehead atoms. The van der Waals surface area contributed by atoms with Crippen LogP contribution in [0.1, 0.15) is 38.5 Å². The Kier molecular flexibility index (Phi) is 6.54. The van der Waals surface area contributed by atoms with E-state index < -0.39 is 5.97 Å². The van der Waals surface area contributed by atoms with Crippen LogP contribution in [-0.4, -0.2) is 38.5 Å². The molecule has 0 heterocycles. The molecule has 2 rings (SSSR count). The van der Waals surface area contributed by atoms with Crippen LogP contribution in [0.2, 0.25) is 0 Å². The van der Waals surface area contributed by atoms with Gasteiger partial charge in [-0.2, -0.15) is 0 Å². The SMILES string of the molecule is C=CC(=O)OCCOCCOC1CCC2CCCC2C1. The summed E-state index contributed by atoms with van der Waals surface area (Å²) in [6.07, 6.45) is 9.61. The largest absolute Gasteiger partial charge is 0.460 e. The molecule has 2 aliphatic rings. The minimum absolute atomic E-state index is 0.276. The Balaban J connectivity index is 1.45. The second kappa shape index (κ2) is 8.42. The van der Waals surface area contributed by atoms with Crippen molar-refractivity contribution < 1.29 is 19.0 Å². The molecular formula is C16H26O4. The molecule has 0 amide bonds. The van der Waals surface area contributed by atoms with Crippen LogP contribution in [0.15, 0.2) is 12.7 Å². The number of rotatable bonds is 8. The van der Waals surface area contributed by atoms with E-state index in [4.69, 9.17) is 14.2 Å². The normalized spacial score (nSPS) is 28.9. The van der Waals surface area contributed by atoms with Crippen molar-refractivity contribution in [3.05, 3.63) is 12.7 Å². The minimum atomic E-state index is -0.404. The molecule has 0 spiro atoms. The average molecular weight is 282 g/mol. The fourth-order valence-corrected chi connectivity index (χ4v) is 3.45. The third kappa shape index (κ3) is 4.91. The van der Waals surface area contributed by atoms with Gasteiger partial charge in [0, 0.05) is 6.08 Å². The number of carbonyl (C=O) groups is 1. The summed E-state index contributed by atoms with van der Waals surface area (Å²) in [4.78, 5) is 10.8. The van der Waals surface area contributed by atoms with Gasteiger partial charge in [-0.3, -0.25) is 0 Å². The van der Waals surface area contributed by atoms with Crippen molar-refractivity contribution in [1.29, 1.82) is 0 Å². The van der Waals surface area contributed by atoms with Crippen molar-refractivity contribution in [3.8, 4) is 0 Å². The molecule has 0 radical (unpaired) electrons. The summed E-state index contributed by atoms with van der Waals surface area (Å²) in [5, 5.41) is 0. The van der Waals surface area contributed by atoms with Crippen molar-refractivity contribution in [2.75, 3.05) is 26.4 Å². The zero-order chi connectivity index (χ0) is 14.2. The van der Waals surface area contributed by atoms with Gasteiger partial charge in [-0.1, -0.05) is 25.8 Å². The monoisotopic (exact) mass is 282 g/mol. The molecule has 114 valence electrons. The molecule has 4 nitrogen and oxygen atoms in total. The van der Waals surface area contributed by atoms with Gasteiger partial charge in [0.2, 0.25) is 0 Å². The molecule has 0 aliphatic heterocycles. The first-order valence-corrected chi connectivity index (χ1v) is 7.78. The first-order valence-electron chi connectivity index (χ1n) is 7.78. The highest BCUT2D eigenvalue weighted by Crippen LogP contribution is 2.42. The molecular weight excluding hydrogens is 256 g/mol. The predicted molar refractivity (Wildman–Crippen MR) is 76.4 cm³/mol. The maximum Gasteiger partial charge on any atom is 0.330 e. The van der Waals surface area contributed by atoms with Gasteiger partial charge < -0.3 is 14.2 Å². The van der Waals surface area contributed by atoms with Crippen LogP contribution in [0.4, 0.5) is 0 Å². The van der Waals surface area contributed by atoms with Crippen molar-refractivity contribution in [2.45, 2.75) is 44.6 Å². The molecule has 0 aromatic heterocycles. The molecule has 0 saturated heterocycles. The van der Waals surface area contributed by atoms with Crippen LogP contribution >= 0.6 is 0 Å². The van der Waals surface area contributed by atoms with Crippen molar-refractivity contribution in [1.82, 2.24) is 0 Å². The predicted octanol–water partition coefficient (Wildman–Crippen LogP) is 2.72. The topological polar surface area (TPSA) is 44.8 Å². The van der Waals surface area contributed by atoms with E-state index in [2.05, 4.69) is 6.58 Å². The first-order chi connectivity index (χ1) is 9.79. The Morgan fingerprint density at radius 2 is 1.85 bits per heavy atom. The van der Waals surface area contributed by atoms with Crippen LogP contribution in [-0.2, 0) is 19.0 Å². The summed E-state index contributed by atoms with van der Waals surface area (Å²) in [7, 11) is 0. The maximum absolute atomic E-state index is 10.8. The van der Waals surface area contributed by atoms with E-state index in [1.807, 2.05) is 0 Å². The molecule has 0 aromatic carbocycles. The third-order valence-corrected chi connectivity index (χ3v) is 4.46. The van der Waals surface area contributed by atoms with Gasteiger partial charge >= 0.3 is 5.97 Å². The smallest absolute Gasteiger partial charge is 0.330 e. The zero-order valence-electron chi connectivity index (χ0n) is 12.2. The number of fused-ring (bicyclic) bond motifs is 1. The number of carbonyl (C=O) groups excluding carboxylic acids is 1. The molecule has 20 heavy (non-hydrogen) atoms. The lowest BCUT2D eigenvalue weighted by atomic mass is 9.80. The average Bonchev–Trinajstić information content (AvgIpc) is 2.93. The van der Waals surface area contributed by atoms with Gasteiger partial charge in [-0.05, 0) is 31.1 Å². The summed E-state index contributed by atoms with van der Waals surface area (Å²) in [6, 6.07) is 0. The summed E-state index contributed by atoms with van der Waals surface area (Å²) < 4.78 is 16.1. The Hall–Kier alpha value is -0.870. The van der Waals surface area contributed by atoms with E-state index in [-0.39, 0.29) is 6.61 Å². The molecule has 4 heteroatoms. The van der Waals surface area contributed by atoms with Crippen LogP contribution in [0, 0.1) is 11.8 Å². The lowest BCUT2D eigenvalue weighted by molar-refractivity contribution is -0.139. The minimum Gasteiger partial charge on any atom is -0.460 e. The van der Waals surface area contributed by atoms with Crippen LogP contribution in [0.5, 0.6) is 0 Å². The quantitative estimate of drug-likeness (QED) is 0.390. The van der Waals surface area contributed by atoms with E-state index in [0.29, 0.717) is 25.9 Å². The van der Waals surface area contributed by atoms with Gasteiger partial charge in [-0.15, -0.1) is 0 Å². The molecule has 0 aromatic rings. The molecule has 2 fully saturated rings. The standard InChI is InChI=1S/C16H26O4/c1-2-16(17)20-11-9-18-8-10-19-15-7-6-13-4-3-5-14(13)12-15/h2,13-15H,1,3-12H2. The fourth-order valence-electron chi connectivity index (χ4n) is 3.45. The number of esters is 1. The van der Waals surface area contributed by atoms with E-state index in [0.717, 1.165) is 17.9 Å². The first kappa shape index (κ1) is 15.5. The van der Waals surface area contributed by atoms with E-state index in [9.17, 15) is 4.79 Å². The summed E-state index contributed by atoms with van der Waals surface area (Å²) in [6.45, 7) is 5.22. The van der Waals surface area contributed by atoms with Gasteiger partial charge in [0.15, 0.2) is 0 Å². The highest BCUT2D eigenvalue weighted by Gasteiger charge is 2.33. The van der Waals surface area contributed by atoms with Gasteiger partial charge in [-0.25, -0.2) is 4.79 Å². The lowest BCUT2D eigenvalue weighted by Crippen LogP contribution is -2.27. The van der Waals surface area contributed by atoms with Gasteiger partial charge in [0.25, 0.3) is 0 Å². The number of hydrogen-bond acceptors (Lipinski definition) is 4. The highest BCUT2D eigenvalue weighted by molar-refractivity contribution is 5.81. The van der Waals surface area contributed by atoms with Crippen LogP contribution < -0.4 is 0 Å². The Morgan fingerprint density at radius 3 is 2.70 bits per heavy atom. The second-order valence-electron chi connectivity index (χ2n) is 5.74. The lowest BCUT2D eigenvalue weighted by Gasteiger charge is -2.31. The maximum atomic E-state index is 10.8. The number of hydrogen-bond donors (Lipinski definition) is 0. The van der Waals surface area contributed by atoms with Crippen LogP contribution in [0.3, 0.4) is 0 Å². The van der Waals surface area contributed by atoms with E-state index in [1.54, 1.807) is 0 Å². The van der Waals surface area contributed by atoms with E-state index in [1.165, 1.54) is 38.5 Å². The Morgan fingerprint density at radius 1 is 1.05 bits per heavy atom. The fraction of sp³-hybridized carbons (Fsp3) is 0.812. The van der Waals surface area contributed by atoms with Crippen molar-refractivity contribution in [2.24, 2.45) is 11.8 Å². The van der Waals surface area contributed by atoms with Gasteiger partial charge in [0.1, 0.15) is 6.61 Å². The second-order valence-corrected chi connectivity index (χ2v) is 5.74. The van der Waals surface area contributed by atoms with Crippen molar-refractivity contribution in [3.63, 3.8) is 0 Å². The summed E-state index contributed by atoms with van der Waals surface area (Å²) >= 11 is 0. The van der Waals surface area contributed by atoms with Crippen molar-refractivity contribution >= 4 is 5.97 Å². The summed E-state index contributed by atoms with van der Waals surface area (Å²) in [5.74, 6) is 1.48. The zero-order valence-corrected chi connectivity index (χ0v) is 12.2. The van der Waals surface area contributed by atoms with Gasteiger partial charge in [0.05, 0.1) is 25.9 Å². The molecule has 2 aliphatic carbocycles. The molecule has 0 N–H and O–H groups in total. The van der Waals surface area contributed by atoms with Crippen LogP contribution in [0.25, 0.3) is 0 Å². The molecule has 3 unspecified atom stereocenters.